The number of piperidine rings is 1. The molecule has 0 aromatic heterocycles. The summed E-state index contributed by atoms with van der Waals surface area (Å²) < 4.78 is 0. The van der Waals surface area contributed by atoms with Crippen LogP contribution in [0.25, 0.3) is 0 Å². The highest BCUT2D eigenvalue weighted by Gasteiger charge is 2.22. The van der Waals surface area contributed by atoms with Gasteiger partial charge in [-0.2, -0.15) is 0 Å². The van der Waals surface area contributed by atoms with Crippen LogP contribution in [-0.4, -0.2) is 25.0 Å². The molecule has 0 aromatic rings. The van der Waals surface area contributed by atoms with Gasteiger partial charge < -0.3 is 10.6 Å². The van der Waals surface area contributed by atoms with Crippen LogP contribution >= 0.6 is 0 Å². The molecule has 2 aliphatic rings. The quantitative estimate of drug-likeness (QED) is 0.708. The molecular formula is C11H20N2O. The summed E-state index contributed by atoms with van der Waals surface area (Å²) in [5.74, 6) is 0.954. The molecule has 3 nitrogen and oxygen atoms in total. The average Bonchev–Trinajstić information content (AvgIpc) is 2.13. The van der Waals surface area contributed by atoms with Gasteiger partial charge in [0.2, 0.25) is 5.91 Å². The van der Waals surface area contributed by atoms with Gasteiger partial charge in [0, 0.05) is 19.0 Å². The zero-order valence-corrected chi connectivity index (χ0v) is 8.72. The molecule has 1 aliphatic carbocycles. The molecule has 1 aliphatic heterocycles. The highest BCUT2D eigenvalue weighted by Crippen LogP contribution is 2.29. The van der Waals surface area contributed by atoms with Crippen molar-refractivity contribution in [2.45, 2.75) is 44.6 Å². The summed E-state index contributed by atoms with van der Waals surface area (Å²) in [4.78, 5) is 11.6. The molecule has 1 saturated carbocycles. The Morgan fingerprint density at radius 1 is 1.29 bits per heavy atom. The predicted molar refractivity (Wildman–Crippen MR) is 56.0 cm³/mol. The van der Waals surface area contributed by atoms with E-state index in [0.717, 1.165) is 25.9 Å². The van der Waals surface area contributed by atoms with E-state index in [2.05, 4.69) is 10.6 Å². The van der Waals surface area contributed by atoms with Crippen LogP contribution in [0.5, 0.6) is 0 Å². The Labute approximate surface area is 85.6 Å². The second-order valence-electron chi connectivity index (χ2n) is 4.61. The van der Waals surface area contributed by atoms with E-state index in [1.54, 1.807) is 0 Å². The first kappa shape index (κ1) is 9.97. The minimum atomic E-state index is 0.267. The largest absolute Gasteiger partial charge is 0.352 e. The SMILES string of the molecule is O=C(CC1CCC1)NC1CCCNC1. The third-order valence-electron chi connectivity index (χ3n) is 3.36. The van der Waals surface area contributed by atoms with E-state index in [1.165, 1.54) is 25.7 Å². The molecule has 1 unspecified atom stereocenters. The standard InChI is InChI=1S/C11H20N2O/c14-11(7-9-3-1-4-9)13-10-5-2-6-12-8-10/h9-10,12H,1-8H2,(H,13,14). The Bertz CT molecular complexity index is 195. The maximum Gasteiger partial charge on any atom is 0.220 e. The molecule has 14 heavy (non-hydrogen) atoms. The van der Waals surface area contributed by atoms with Crippen molar-refractivity contribution in [1.82, 2.24) is 10.6 Å². The minimum absolute atomic E-state index is 0.267. The van der Waals surface area contributed by atoms with Crippen LogP contribution in [-0.2, 0) is 4.79 Å². The van der Waals surface area contributed by atoms with Gasteiger partial charge in [-0.15, -0.1) is 0 Å². The van der Waals surface area contributed by atoms with Crippen LogP contribution in [0.3, 0.4) is 0 Å². The molecule has 2 fully saturated rings. The van der Waals surface area contributed by atoms with E-state index in [-0.39, 0.29) is 5.91 Å². The maximum absolute atomic E-state index is 11.6. The molecule has 1 heterocycles. The van der Waals surface area contributed by atoms with Crippen LogP contribution in [0.4, 0.5) is 0 Å². The van der Waals surface area contributed by atoms with Crippen LogP contribution in [0.15, 0.2) is 0 Å². The highest BCUT2D eigenvalue weighted by atomic mass is 16.1. The van der Waals surface area contributed by atoms with E-state index in [0.29, 0.717) is 12.0 Å². The molecule has 2 rings (SSSR count). The van der Waals surface area contributed by atoms with Crippen molar-refractivity contribution >= 4 is 5.91 Å². The molecule has 0 spiro atoms. The highest BCUT2D eigenvalue weighted by molar-refractivity contribution is 5.76. The lowest BCUT2D eigenvalue weighted by Gasteiger charge is -2.27. The van der Waals surface area contributed by atoms with Crippen molar-refractivity contribution < 1.29 is 4.79 Å². The number of nitrogens with one attached hydrogen (secondary N) is 2. The summed E-state index contributed by atoms with van der Waals surface area (Å²) in [6.07, 6.45) is 6.93. The second-order valence-corrected chi connectivity index (χ2v) is 4.61. The molecule has 3 heteroatoms. The van der Waals surface area contributed by atoms with Gasteiger partial charge in [-0.25, -0.2) is 0 Å². The van der Waals surface area contributed by atoms with Gasteiger partial charge in [0.15, 0.2) is 0 Å². The van der Waals surface area contributed by atoms with Crippen LogP contribution in [0.1, 0.15) is 38.5 Å². The monoisotopic (exact) mass is 196 g/mol. The first-order chi connectivity index (χ1) is 6.84. The van der Waals surface area contributed by atoms with E-state index < -0.39 is 0 Å². The molecule has 0 radical (unpaired) electrons. The lowest BCUT2D eigenvalue weighted by atomic mass is 9.83. The summed E-state index contributed by atoms with van der Waals surface area (Å²) in [6.45, 7) is 2.06. The fourth-order valence-corrected chi connectivity index (χ4v) is 2.22. The lowest BCUT2D eigenvalue weighted by Crippen LogP contribution is -2.46. The minimum Gasteiger partial charge on any atom is -0.352 e. The lowest BCUT2D eigenvalue weighted by molar-refractivity contribution is -0.123. The van der Waals surface area contributed by atoms with Crippen molar-refractivity contribution in [3.05, 3.63) is 0 Å². The zero-order valence-electron chi connectivity index (χ0n) is 8.72. The summed E-state index contributed by atoms with van der Waals surface area (Å²) in [5, 5.41) is 6.42. The van der Waals surface area contributed by atoms with E-state index in [9.17, 15) is 4.79 Å². The van der Waals surface area contributed by atoms with E-state index in [4.69, 9.17) is 0 Å². The third-order valence-corrected chi connectivity index (χ3v) is 3.36. The van der Waals surface area contributed by atoms with E-state index >= 15 is 0 Å². The Morgan fingerprint density at radius 3 is 2.71 bits per heavy atom. The summed E-state index contributed by atoms with van der Waals surface area (Å²) in [6, 6.07) is 0.385. The smallest absolute Gasteiger partial charge is 0.220 e. The van der Waals surface area contributed by atoms with Crippen LogP contribution in [0, 0.1) is 5.92 Å². The van der Waals surface area contributed by atoms with Gasteiger partial charge in [-0.05, 0) is 38.1 Å². The zero-order chi connectivity index (χ0) is 9.80. The first-order valence-electron chi connectivity index (χ1n) is 5.84. The van der Waals surface area contributed by atoms with Gasteiger partial charge >= 0.3 is 0 Å². The molecule has 1 atom stereocenters. The van der Waals surface area contributed by atoms with Gasteiger partial charge in [0.1, 0.15) is 0 Å². The van der Waals surface area contributed by atoms with Crippen molar-refractivity contribution in [2.24, 2.45) is 5.92 Å². The summed E-state index contributed by atoms with van der Waals surface area (Å²) >= 11 is 0. The number of hydrogen-bond donors (Lipinski definition) is 2. The van der Waals surface area contributed by atoms with E-state index in [1.807, 2.05) is 0 Å². The molecule has 0 bridgehead atoms. The Balaban J connectivity index is 1.64. The molecular weight excluding hydrogens is 176 g/mol. The summed E-state index contributed by atoms with van der Waals surface area (Å²) in [5.41, 5.74) is 0. The van der Waals surface area contributed by atoms with Crippen molar-refractivity contribution in [3.63, 3.8) is 0 Å². The number of carbonyl (C=O) groups is 1. The van der Waals surface area contributed by atoms with Crippen LogP contribution in [0.2, 0.25) is 0 Å². The normalized spacial score (nSPS) is 28.1. The molecule has 1 saturated heterocycles. The maximum atomic E-state index is 11.6. The van der Waals surface area contributed by atoms with Crippen molar-refractivity contribution in [2.75, 3.05) is 13.1 Å². The first-order valence-corrected chi connectivity index (χ1v) is 5.84. The van der Waals surface area contributed by atoms with Gasteiger partial charge in [-0.1, -0.05) is 6.42 Å². The van der Waals surface area contributed by atoms with Crippen molar-refractivity contribution in [3.8, 4) is 0 Å². The topological polar surface area (TPSA) is 41.1 Å². The van der Waals surface area contributed by atoms with Gasteiger partial charge in [-0.3, -0.25) is 4.79 Å². The molecule has 2 N–H and O–H groups in total. The second kappa shape index (κ2) is 4.78. The van der Waals surface area contributed by atoms with Gasteiger partial charge in [0.05, 0.1) is 0 Å². The van der Waals surface area contributed by atoms with Crippen molar-refractivity contribution in [1.29, 1.82) is 0 Å². The molecule has 0 aromatic carbocycles. The Kier molecular flexibility index (Phi) is 3.40. The third kappa shape index (κ3) is 2.71. The Hall–Kier alpha value is -0.570. The average molecular weight is 196 g/mol. The van der Waals surface area contributed by atoms with Crippen LogP contribution < -0.4 is 10.6 Å². The Morgan fingerprint density at radius 2 is 2.14 bits per heavy atom. The van der Waals surface area contributed by atoms with Gasteiger partial charge in [0.25, 0.3) is 0 Å². The number of carbonyl (C=O) groups excluding carboxylic acids is 1. The number of rotatable bonds is 3. The number of hydrogen-bond acceptors (Lipinski definition) is 2. The fourth-order valence-electron chi connectivity index (χ4n) is 2.22. The molecule has 1 amide bonds. The number of amides is 1. The fraction of sp³-hybridized carbons (Fsp3) is 0.909. The molecule has 80 valence electrons. The summed E-state index contributed by atoms with van der Waals surface area (Å²) in [7, 11) is 0. The predicted octanol–water partition coefficient (Wildman–Crippen LogP) is 1.04.